The molecule has 1 aromatic heterocycles. The second kappa shape index (κ2) is 6.26. The molecular weight excluding hydrogens is 356 g/mol. The number of carbonyl (C=O) groups is 1. The number of ether oxygens (including phenoxy) is 1. The number of nitrogens with one attached hydrogen (secondary N) is 1. The van der Waals surface area contributed by atoms with Gasteiger partial charge < -0.3 is 14.9 Å². The fourth-order valence-corrected chi connectivity index (χ4v) is 5.65. The molecule has 1 aromatic rings. The molecule has 0 aromatic carbocycles. The zero-order valence-corrected chi connectivity index (χ0v) is 17.3. The van der Waals surface area contributed by atoms with Crippen LogP contribution in [0.2, 0.25) is 13.1 Å². The maximum atomic E-state index is 12.6. The molecule has 1 aliphatic heterocycles. The first-order chi connectivity index (χ1) is 11.8. The van der Waals surface area contributed by atoms with Gasteiger partial charge in [-0.15, -0.1) is 0 Å². The molecule has 26 heavy (non-hydrogen) atoms. The molecule has 0 aliphatic carbocycles. The number of aldehydes is 1. The van der Waals surface area contributed by atoms with Gasteiger partial charge in [-0.25, -0.2) is 4.79 Å². The Balaban J connectivity index is 2.84. The van der Waals surface area contributed by atoms with E-state index in [1.54, 1.807) is 27.7 Å². The van der Waals surface area contributed by atoms with Gasteiger partial charge in [-0.05, 0) is 12.3 Å². The summed E-state index contributed by atoms with van der Waals surface area (Å²) in [6, 6.07) is 0. The fourth-order valence-electron chi connectivity index (χ4n) is 3.76. The first kappa shape index (κ1) is 20.8. The van der Waals surface area contributed by atoms with Gasteiger partial charge in [0.05, 0.1) is 15.4 Å². The lowest BCUT2D eigenvalue weighted by molar-refractivity contribution is -0.197. The van der Waals surface area contributed by atoms with Crippen LogP contribution in [0.5, 0.6) is 0 Å². The van der Waals surface area contributed by atoms with Crippen LogP contribution in [0.1, 0.15) is 32.8 Å². The first-order valence-corrected chi connectivity index (χ1v) is 11.5. The lowest BCUT2D eigenvalue weighted by Crippen LogP contribution is -2.61. The molecule has 0 saturated carbocycles. The summed E-state index contributed by atoms with van der Waals surface area (Å²) in [5.41, 5.74) is -5.25. The molecule has 2 rings (SSSR count). The molecule has 146 valence electrons. The second-order valence-corrected chi connectivity index (χ2v) is 11.7. The number of H-pyrrole nitrogens is 1. The van der Waals surface area contributed by atoms with Crippen LogP contribution >= 0.6 is 0 Å². The van der Waals surface area contributed by atoms with Gasteiger partial charge in [-0.1, -0.05) is 33.9 Å². The lowest BCUT2D eigenvalue weighted by Gasteiger charge is -2.44. The van der Waals surface area contributed by atoms with Crippen LogP contribution in [-0.4, -0.2) is 52.7 Å². The minimum atomic E-state index is -1.93. The summed E-state index contributed by atoms with van der Waals surface area (Å²) in [4.78, 5) is 38.6. The summed E-state index contributed by atoms with van der Waals surface area (Å²) in [6.07, 6.45) is 1.79. The quantitative estimate of drug-likeness (QED) is 0.482. The van der Waals surface area contributed by atoms with E-state index in [2.05, 4.69) is 4.98 Å². The number of carbonyl (C=O) groups excluding carboxylic acids is 1. The number of hydrogen-bond donors (Lipinski definition) is 3. The standard InChI is InChI=1S/C17H28N2O6Si/c1-11-7-19(13(23)18-12(11)22)17(26(5)6)8-16(24,14(2,3)4)15(9-20,10-21)25-17/h7,9,21,24,26H,8,10H2,1-6H3,(H,18,22,23)/t15-,16-,17+/m1/s1. The third-order valence-electron chi connectivity index (χ3n) is 5.66. The second-order valence-electron chi connectivity index (χ2n) is 8.50. The van der Waals surface area contributed by atoms with Gasteiger partial charge in [0.2, 0.25) is 0 Å². The van der Waals surface area contributed by atoms with Crippen molar-refractivity contribution in [3.8, 4) is 0 Å². The summed E-state index contributed by atoms with van der Waals surface area (Å²) in [6.45, 7) is 9.95. The smallest absolute Gasteiger partial charge is 0.330 e. The van der Waals surface area contributed by atoms with Crippen LogP contribution < -0.4 is 11.2 Å². The molecule has 0 unspecified atom stereocenters. The van der Waals surface area contributed by atoms with Crippen LogP contribution in [0.4, 0.5) is 0 Å². The molecular formula is C17H28N2O6Si. The molecule has 9 heteroatoms. The number of aromatic nitrogens is 2. The van der Waals surface area contributed by atoms with Gasteiger partial charge in [-0.2, -0.15) is 0 Å². The Kier molecular flexibility index (Phi) is 5.00. The maximum absolute atomic E-state index is 12.6. The molecule has 1 aliphatic rings. The molecule has 1 saturated heterocycles. The van der Waals surface area contributed by atoms with Crippen molar-refractivity contribution < 1.29 is 19.7 Å². The number of rotatable bonds is 4. The van der Waals surface area contributed by atoms with Crippen molar-refractivity contribution in [3.63, 3.8) is 0 Å². The Morgan fingerprint density at radius 1 is 1.38 bits per heavy atom. The van der Waals surface area contributed by atoms with E-state index in [0.717, 1.165) is 0 Å². The summed E-state index contributed by atoms with van der Waals surface area (Å²) in [5, 5.41) is 20.2. The molecule has 0 spiro atoms. The van der Waals surface area contributed by atoms with Crippen LogP contribution in [-0.2, 0) is 14.9 Å². The lowest BCUT2D eigenvalue weighted by atomic mass is 9.66. The number of aromatic amines is 1. The molecule has 0 radical (unpaired) electrons. The predicted molar refractivity (Wildman–Crippen MR) is 98.9 cm³/mol. The number of aliphatic hydroxyl groups is 2. The largest absolute Gasteiger partial charge is 0.393 e. The van der Waals surface area contributed by atoms with E-state index in [1.165, 1.54) is 10.8 Å². The zero-order chi connectivity index (χ0) is 20.1. The van der Waals surface area contributed by atoms with Crippen molar-refractivity contribution in [2.24, 2.45) is 5.41 Å². The van der Waals surface area contributed by atoms with Crippen LogP contribution in [0.25, 0.3) is 0 Å². The van der Waals surface area contributed by atoms with Crippen molar-refractivity contribution in [1.82, 2.24) is 9.55 Å². The Hall–Kier alpha value is -1.55. The van der Waals surface area contributed by atoms with Crippen molar-refractivity contribution >= 4 is 15.1 Å². The molecule has 8 nitrogen and oxygen atoms in total. The van der Waals surface area contributed by atoms with Crippen molar-refractivity contribution in [1.29, 1.82) is 0 Å². The number of aryl methyl sites for hydroxylation is 1. The molecule has 0 amide bonds. The van der Waals surface area contributed by atoms with E-state index in [9.17, 15) is 24.6 Å². The van der Waals surface area contributed by atoms with Gasteiger partial charge in [0.15, 0.2) is 11.9 Å². The van der Waals surface area contributed by atoms with E-state index in [0.29, 0.717) is 11.8 Å². The first-order valence-electron chi connectivity index (χ1n) is 8.63. The van der Waals surface area contributed by atoms with E-state index in [4.69, 9.17) is 4.74 Å². The zero-order valence-electron chi connectivity index (χ0n) is 16.1. The topological polar surface area (TPSA) is 122 Å². The van der Waals surface area contributed by atoms with Gasteiger partial charge in [0.25, 0.3) is 5.56 Å². The van der Waals surface area contributed by atoms with Crippen LogP contribution in [0.15, 0.2) is 15.8 Å². The third-order valence-corrected chi connectivity index (χ3v) is 8.07. The fraction of sp³-hybridized carbons (Fsp3) is 0.706. The summed E-state index contributed by atoms with van der Waals surface area (Å²) < 4.78 is 7.41. The van der Waals surface area contributed by atoms with Gasteiger partial charge >= 0.3 is 5.69 Å². The highest BCUT2D eigenvalue weighted by Gasteiger charge is 2.70. The third kappa shape index (κ3) is 2.65. The molecule has 3 atom stereocenters. The predicted octanol–water partition coefficient (Wildman–Crippen LogP) is -0.349. The monoisotopic (exact) mass is 384 g/mol. The molecule has 3 N–H and O–H groups in total. The number of hydrogen-bond acceptors (Lipinski definition) is 6. The van der Waals surface area contributed by atoms with Crippen molar-refractivity contribution in [2.45, 2.75) is 63.8 Å². The van der Waals surface area contributed by atoms with Gasteiger partial charge in [0, 0.05) is 18.2 Å². The van der Waals surface area contributed by atoms with E-state index >= 15 is 0 Å². The summed E-state index contributed by atoms with van der Waals surface area (Å²) >= 11 is 0. The molecule has 1 fully saturated rings. The average molecular weight is 385 g/mol. The highest BCUT2D eigenvalue weighted by atomic mass is 28.3. The molecule has 0 bridgehead atoms. The van der Waals surface area contributed by atoms with E-state index in [-0.39, 0.29) is 6.42 Å². The maximum Gasteiger partial charge on any atom is 0.330 e. The van der Waals surface area contributed by atoms with Gasteiger partial charge in [-0.3, -0.25) is 19.1 Å². The van der Waals surface area contributed by atoms with E-state index in [1.807, 2.05) is 13.1 Å². The van der Waals surface area contributed by atoms with Gasteiger partial charge in [0.1, 0.15) is 10.9 Å². The highest BCUT2D eigenvalue weighted by Crippen LogP contribution is 2.55. The van der Waals surface area contributed by atoms with Crippen molar-refractivity contribution in [2.75, 3.05) is 6.61 Å². The van der Waals surface area contributed by atoms with Crippen molar-refractivity contribution in [3.05, 3.63) is 32.6 Å². The normalized spacial score (nSPS) is 32.2. The average Bonchev–Trinajstić information content (AvgIpc) is 2.82. The summed E-state index contributed by atoms with van der Waals surface area (Å²) in [7, 11) is -1.93. The minimum Gasteiger partial charge on any atom is -0.393 e. The Bertz CT molecular complexity index is 826. The van der Waals surface area contributed by atoms with Crippen LogP contribution in [0, 0.1) is 12.3 Å². The Morgan fingerprint density at radius 3 is 2.35 bits per heavy atom. The Labute approximate surface area is 153 Å². The molecule has 2 heterocycles. The van der Waals surface area contributed by atoms with E-state index < -0.39 is 48.6 Å². The number of aliphatic hydroxyl groups excluding tert-OH is 1. The SMILES string of the molecule is Cc1cn([C@@]2([SiH](C)C)C[C@@](O)(C(C)(C)C)[C@@](C=O)(CO)O2)c(=O)[nH]c1=O. The number of nitrogens with zero attached hydrogens (tertiary/aromatic N) is 1. The van der Waals surface area contributed by atoms with Crippen LogP contribution in [0.3, 0.4) is 0 Å². The summed E-state index contributed by atoms with van der Waals surface area (Å²) in [5.74, 6) is 0. The minimum absolute atomic E-state index is 0.0436. The Morgan fingerprint density at radius 2 is 1.96 bits per heavy atom. The highest BCUT2D eigenvalue weighted by molar-refractivity contribution is 6.58.